The van der Waals surface area contributed by atoms with Crippen LogP contribution >= 0.6 is 15.9 Å². The van der Waals surface area contributed by atoms with Crippen molar-refractivity contribution in [1.82, 2.24) is 0 Å². The van der Waals surface area contributed by atoms with Crippen molar-refractivity contribution in [2.24, 2.45) is 5.73 Å². The minimum Gasteiger partial charge on any atom is -0.497 e. The Morgan fingerprint density at radius 3 is 2.55 bits per heavy atom. The molecule has 0 radical (unpaired) electrons. The van der Waals surface area contributed by atoms with Crippen molar-refractivity contribution < 1.29 is 9.47 Å². The van der Waals surface area contributed by atoms with Crippen LogP contribution < -0.4 is 15.2 Å². The molecule has 0 bridgehead atoms. The van der Waals surface area contributed by atoms with Crippen LogP contribution in [0.15, 0.2) is 46.9 Å². The molecule has 2 aromatic rings. The van der Waals surface area contributed by atoms with Crippen LogP contribution in [0.1, 0.15) is 24.1 Å². The molecule has 3 nitrogen and oxygen atoms in total. The highest BCUT2D eigenvalue weighted by Gasteiger charge is 2.12. The molecular formula is C16H18BrNO2. The van der Waals surface area contributed by atoms with Gasteiger partial charge in [0.2, 0.25) is 0 Å². The summed E-state index contributed by atoms with van der Waals surface area (Å²) in [5, 5.41) is 0. The quantitative estimate of drug-likeness (QED) is 0.900. The average Bonchev–Trinajstić information content (AvgIpc) is 2.49. The van der Waals surface area contributed by atoms with Gasteiger partial charge in [0, 0.05) is 0 Å². The van der Waals surface area contributed by atoms with Crippen LogP contribution in [0.4, 0.5) is 0 Å². The summed E-state index contributed by atoms with van der Waals surface area (Å²) in [4.78, 5) is 0. The van der Waals surface area contributed by atoms with E-state index in [0.717, 1.165) is 27.1 Å². The fourth-order valence-electron chi connectivity index (χ4n) is 2.01. The zero-order chi connectivity index (χ0) is 14.5. The number of halogens is 1. The molecule has 2 aromatic carbocycles. The Hall–Kier alpha value is -1.52. The van der Waals surface area contributed by atoms with E-state index in [-0.39, 0.29) is 6.04 Å². The van der Waals surface area contributed by atoms with E-state index in [4.69, 9.17) is 15.2 Å². The fraction of sp³-hybridized carbons (Fsp3) is 0.250. The third kappa shape index (κ3) is 3.32. The van der Waals surface area contributed by atoms with Gasteiger partial charge in [0.1, 0.15) is 11.5 Å². The Balaban J connectivity index is 2.28. The summed E-state index contributed by atoms with van der Waals surface area (Å²) in [7, 11) is 1.65. The van der Waals surface area contributed by atoms with E-state index in [9.17, 15) is 0 Å². The number of benzene rings is 2. The van der Waals surface area contributed by atoms with E-state index in [1.54, 1.807) is 7.11 Å². The van der Waals surface area contributed by atoms with Crippen LogP contribution in [0.3, 0.4) is 0 Å². The lowest BCUT2D eigenvalue weighted by Gasteiger charge is -2.15. The van der Waals surface area contributed by atoms with Crippen molar-refractivity contribution >= 4 is 15.9 Å². The monoisotopic (exact) mass is 335 g/mol. The van der Waals surface area contributed by atoms with Crippen molar-refractivity contribution in [1.29, 1.82) is 0 Å². The third-order valence-corrected chi connectivity index (χ3v) is 3.69. The largest absolute Gasteiger partial charge is 0.497 e. The molecule has 0 aromatic heterocycles. The van der Waals surface area contributed by atoms with Crippen molar-refractivity contribution in [3.05, 3.63) is 58.1 Å². The summed E-state index contributed by atoms with van der Waals surface area (Å²) in [5.74, 6) is 1.64. The molecule has 1 atom stereocenters. The zero-order valence-electron chi connectivity index (χ0n) is 11.6. The first kappa shape index (κ1) is 14.9. The lowest BCUT2D eigenvalue weighted by Crippen LogP contribution is -2.12. The molecule has 0 aliphatic rings. The SMILES string of the molecule is CCOc1ccc(C(N)c2cccc(OC)c2)cc1Br. The van der Waals surface area contributed by atoms with E-state index in [0.29, 0.717) is 6.61 Å². The number of ether oxygens (including phenoxy) is 2. The molecule has 0 saturated carbocycles. The van der Waals surface area contributed by atoms with Gasteiger partial charge in [0.15, 0.2) is 0 Å². The predicted octanol–water partition coefficient (Wildman–Crippen LogP) is 3.90. The first-order chi connectivity index (χ1) is 9.65. The van der Waals surface area contributed by atoms with Crippen LogP contribution in [0.2, 0.25) is 0 Å². The normalized spacial score (nSPS) is 12.0. The van der Waals surface area contributed by atoms with Gasteiger partial charge in [0.25, 0.3) is 0 Å². The second-order valence-electron chi connectivity index (χ2n) is 4.38. The van der Waals surface area contributed by atoms with Crippen LogP contribution in [0.25, 0.3) is 0 Å². The van der Waals surface area contributed by atoms with Gasteiger partial charge < -0.3 is 15.2 Å². The highest BCUT2D eigenvalue weighted by atomic mass is 79.9. The molecule has 0 amide bonds. The van der Waals surface area contributed by atoms with Gasteiger partial charge in [0.05, 0.1) is 24.2 Å². The topological polar surface area (TPSA) is 44.5 Å². The zero-order valence-corrected chi connectivity index (χ0v) is 13.2. The molecule has 0 spiro atoms. The van der Waals surface area contributed by atoms with Crippen LogP contribution in [0, 0.1) is 0 Å². The standard InChI is InChI=1S/C16H18BrNO2/c1-3-20-15-8-7-12(10-14(15)17)16(18)11-5-4-6-13(9-11)19-2/h4-10,16H,3,18H2,1-2H3. The minimum atomic E-state index is -0.197. The van der Waals surface area contributed by atoms with E-state index in [2.05, 4.69) is 15.9 Å². The van der Waals surface area contributed by atoms with Crippen LogP contribution in [-0.2, 0) is 0 Å². The molecule has 2 N–H and O–H groups in total. The van der Waals surface area contributed by atoms with E-state index in [1.165, 1.54) is 0 Å². The average molecular weight is 336 g/mol. The Morgan fingerprint density at radius 2 is 1.90 bits per heavy atom. The smallest absolute Gasteiger partial charge is 0.133 e. The second kappa shape index (κ2) is 6.77. The van der Waals surface area contributed by atoms with E-state index in [1.807, 2.05) is 49.4 Å². The second-order valence-corrected chi connectivity index (χ2v) is 5.23. The molecule has 0 aliphatic carbocycles. The number of hydrogen-bond acceptors (Lipinski definition) is 3. The number of hydrogen-bond donors (Lipinski definition) is 1. The molecule has 106 valence electrons. The van der Waals surface area contributed by atoms with Gasteiger partial charge in [-0.1, -0.05) is 18.2 Å². The van der Waals surface area contributed by atoms with Crippen molar-refractivity contribution in [3.63, 3.8) is 0 Å². The van der Waals surface area contributed by atoms with Crippen molar-refractivity contribution in [2.75, 3.05) is 13.7 Å². The van der Waals surface area contributed by atoms with Gasteiger partial charge in [-0.25, -0.2) is 0 Å². The molecule has 20 heavy (non-hydrogen) atoms. The number of methoxy groups -OCH3 is 1. The van der Waals surface area contributed by atoms with E-state index < -0.39 is 0 Å². The maximum absolute atomic E-state index is 6.32. The summed E-state index contributed by atoms with van der Waals surface area (Å²) in [5.41, 5.74) is 8.35. The summed E-state index contributed by atoms with van der Waals surface area (Å²) in [6.45, 7) is 2.60. The minimum absolute atomic E-state index is 0.197. The van der Waals surface area contributed by atoms with E-state index >= 15 is 0 Å². The summed E-state index contributed by atoms with van der Waals surface area (Å²) >= 11 is 3.51. The fourth-order valence-corrected chi connectivity index (χ4v) is 2.52. The molecule has 0 fully saturated rings. The maximum atomic E-state index is 6.32. The van der Waals surface area contributed by atoms with Gasteiger partial charge >= 0.3 is 0 Å². The highest BCUT2D eigenvalue weighted by molar-refractivity contribution is 9.10. The molecule has 0 aliphatic heterocycles. The lowest BCUT2D eigenvalue weighted by molar-refractivity contribution is 0.338. The van der Waals surface area contributed by atoms with Gasteiger partial charge in [-0.2, -0.15) is 0 Å². The lowest BCUT2D eigenvalue weighted by atomic mass is 9.99. The van der Waals surface area contributed by atoms with Gasteiger partial charge in [-0.05, 0) is 58.2 Å². The van der Waals surface area contributed by atoms with Gasteiger partial charge in [-0.15, -0.1) is 0 Å². The summed E-state index contributed by atoms with van der Waals surface area (Å²) in [6, 6.07) is 13.5. The molecule has 0 heterocycles. The molecule has 2 rings (SSSR count). The van der Waals surface area contributed by atoms with Crippen molar-refractivity contribution in [3.8, 4) is 11.5 Å². The Kier molecular flexibility index (Phi) is 5.04. The molecule has 1 unspecified atom stereocenters. The first-order valence-electron chi connectivity index (χ1n) is 6.47. The summed E-state index contributed by atoms with van der Waals surface area (Å²) < 4.78 is 11.6. The molecule has 0 saturated heterocycles. The Labute approximate surface area is 127 Å². The maximum Gasteiger partial charge on any atom is 0.133 e. The van der Waals surface area contributed by atoms with Gasteiger partial charge in [-0.3, -0.25) is 0 Å². The number of nitrogens with two attached hydrogens (primary N) is 1. The van der Waals surface area contributed by atoms with Crippen LogP contribution in [0.5, 0.6) is 11.5 Å². The van der Waals surface area contributed by atoms with Crippen molar-refractivity contribution in [2.45, 2.75) is 13.0 Å². The Bertz CT molecular complexity index is 586. The third-order valence-electron chi connectivity index (χ3n) is 3.07. The van der Waals surface area contributed by atoms with Crippen LogP contribution in [-0.4, -0.2) is 13.7 Å². The number of rotatable bonds is 5. The molecule has 4 heteroatoms. The first-order valence-corrected chi connectivity index (χ1v) is 7.26. The molecular weight excluding hydrogens is 318 g/mol. The summed E-state index contributed by atoms with van der Waals surface area (Å²) in [6.07, 6.45) is 0. The Morgan fingerprint density at radius 1 is 1.15 bits per heavy atom. The highest BCUT2D eigenvalue weighted by Crippen LogP contribution is 2.30. The predicted molar refractivity (Wildman–Crippen MR) is 84.3 cm³/mol.